The highest BCUT2D eigenvalue weighted by atomic mass is 32.1. The molecule has 5 nitrogen and oxygen atoms in total. The second-order valence-corrected chi connectivity index (χ2v) is 11.1. The predicted molar refractivity (Wildman–Crippen MR) is 124 cm³/mol. The second kappa shape index (κ2) is 9.21. The first-order valence-corrected chi connectivity index (χ1v) is 12.1. The predicted octanol–water partition coefficient (Wildman–Crippen LogP) is 5.92. The minimum atomic E-state index is -0.938. The van der Waals surface area contributed by atoms with Gasteiger partial charge >= 0.3 is 5.97 Å². The number of rotatable bonds is 4. The molecule has 0 aromatic carbocycles. The molecule has 1 aromatic rings. The first-order valence-electron chi connectivity index (χ1n) is 11.3. The average molecular weight is 433 g/mol. The van der Waals surface area contributed by atoms with Crippen LogP contribution in [0.3, 0.4) is 0 Å². The number of nitrogens with zero attached hydrogens (tertiary/aromatic N) is 2. The molecule has 2 saturated carbocycles. The van der Waals surface area contributed by atoms with Crippen LogP contribution in [0.2, 0.25) is 0 Å². The van der Waals surface area contributed by atoms with Gasteiger partial charge in [0.1, 0.15) is 4.88 Å². The van der Waals surface area contributed by atoms with Crippen molar-refractivity contribution in [3.63, 3.8) is 0 Å². The van der Waals surface area contributed by atoms with Crippen LogP contribution in [-0.4, -0.2) is 35.8 Å². The maximum Gasteiger partial charge on any atom is 0.348 e. The molecular weight excluding hydrogens is 396 g/mol. The van der Waals surface area contributed by atoms with E-state index in [1.807, 2.05) is 18.0 Å². The number of hydrogen-bond acceptors (Lipinski definition) is 4. The van der Waals surface area contributed by atoms with Gasteiger partial charge < -0.3 is 10.0 Å². The molecule has 0 saturated heterocycles. The van der Waals surface area contributed by atoms with Crippen LogP contribution in [0.15, 0.2) is 11.1 Å². The summed E-state index contributed by atoms with van der Waals surface area (Å²) in [7, 11) is 1.83. The number of aliphatic imine (C=N–C) groups is 1. The van der Waals surface area contributed by atoms with Crippen molar-refractivity contribution in [1.82, 2.24) is 0 Å². The smallest absolute Gasteiger partial charge is 0.348 e. The number of carboxylic acids is 1. The summed E-state index contributed by atoms with van der Waals surface area (Å²) in [6.45, 7) is 8.52. The molecule has 1 heterocycles. The van der Waals surface area contributed by atoms with Gasteiger partial charge in [-0.3, -0.25) is 9.79 Å². The van der Waals surface area contributed by atoms with Gasteiger partial charge in [-0.15, -0.1) is 11.3 Å². The van der Waals surface area contributed by atoms with Gasteiger partial charge in [0.2, 0.25) is 5.91 Å². The third kappa shape index (κ3) is 4.96. The van der Waals surface area contributed by atoms with Crippen LogP contribution in [0.5, 0.6) is 0 Å². The molecule has 0 bridgehead atoms. The Kier molecular flexibility index (Phi) is 7.05. The fraction of sp³-hybridized carbons (Fsp3) is 0.708. The fourth-order valence-corrected chi connectivity index (χ4v) is 5.75. The Morgan fingerprint density at radius 3 is 2.20 bits per heavy atom. The van der Waals surface area contributed by atoms with Gasteiger partial charge in [-0.1, -0.05) is 27.7 Å². The summed E-state index contributed by atoms with van der Waals surface area (Å²) in [6.07, 6.45) is 7.42. The Morgan fingerprint density at radius 2 is 1.70 bits per heavy atom. The summed E-state index contributed by atoms with van der Waals surface area (Å²) in [5, 5.41) is 9.95. The number of anilines is 1. The molecule has 2 aliphatic carbocycles. The van der Waals surface area contributed by atoms with Crippen molar-refractivity contribution in [3.8, 4) is 0 Å². The van der Waals surface area contributed by atoms with Crippen LogP contribution in [0, 0.1) is 11.8 Å². The Morgan fingerprint density at radius 1 is 1.10 bits per heavy atom. The van der Waals surface area contributed by atoms with Crippen molar-refractivity contribution in [2.75, 3.05) is 11.9 Å². The Balaban J connectivity index is 2.00. The van der Waals surface area contributed by atoms with Gasteiger partial charge in [-0.05, 0) is 68.8 Å². The topological polar surface area (TPSA) is 70.0 Å². The average Bonchev–Trinajstić information content (AvgIpc) is 3.15. The number of carbonyl (C=O) groups is 2. The lowest BCUT2D eigenvalue weighted by Crippen LogP contribution is -2.46. The molecule has 30 heavy (non-hydrogen) atoms. The third-order valence-electron chi connectivity index (χ3n) is 6.72. The van der Waals surface area contributed by atoms with Crippen LogP contribution < -0.4 is 4.90 Å². The van der Waals surface area contributed by atoms with E-state index in [1.165, 1.54) is 17.0 Å². The summed E-state index contributed by atoms with van der Waals surface area (Å²) >= 11 is 1.32. The molecule has 1 aromatic heterocycles. The van der Waals surface area contributed by atoms with Crippen molar-refractivity contribution in [1.29, 1.82) is 0 Å². The molecule has 0 aliphatic heterocycles. The SMILES string of the molecule is CN=C1CCC(N(C(=O)C2CCC(C)CC2)c2cc(C(C)(C)C)sc2C(=O)O)CC1. The standard InChI is InChI=1S/C24H36N2O3S/c1-15-6-8-16(9-7-15)22(27)26(18-12-10-17(25-5)11-13-18)19-14-20(24(2,3)4)30-21(19)23(28)29/h14-16,18H,6-13H2,1-5H3,(H,28,29). The Hall–Kier alpha value is -1.69. The quantitative estimate of drug-likeness (QED) is 0.642. The highest BCUT2D eigenvalue weighted by Gasteiger charge is 2.37. The van der Waals surface area contributed by atoms with E-state index in [9.17, 15) is 14.7 Å². The Labute approximate surface area is 184 Å². The molecule has 166 valence electrons. The van der Waals surface area contributed by atoms with E-state index in [4.69, 9.17) is 0 Å². The van der Waals surface area contributed by atoms with Crippen molar-refractivity contribution in [2.24, 2.45) is 16.8 Å². The van der Waals surface area contributed by atoms with Gasteiger partial charge in [0, 0.05) is 29.6 Å². The van der Waals surface area contributed by atoms with Gasteiger partial charge in [-0.25, -0.2) is 4.79 Å². The van der Waals surface area contributed by atoms with Crippen molar-refractivity contribution < 1.29 is 14.7 Å². The van der Waals surface area contributed by atoms with Crippen molar-refractivity contribution in [3.05, 3.63) is 15.8 Å². The van der Waals surface area contributed by atoms with Crippen LogP contribution in [0.1, 0.15) is 93.6 Å². The zero-order valence-corrected chi connectivity index (χ0v) is 19.8. The lowest BCUT2D eigenvalue weighted by Gasteiger charge is -2.38. The van der Waals surface area contributed by atoms with Crippen LogP contribution in [0.4, 0.5) is 5.69 Å². The van der Waals surface area contributed by atoms with E-state index in [2.05, 4.69) is 32.7 Å². The molecule has 0 spiro atoms. The van der Waals surface area contributed by atoms with Gasteiger partial charge in [0.05, 0.1) is 5.69 Å². The summed E-state index contributed by atoms with van der Waals surface area (Å²) in [5.74, 6) is -0.137. The maximum absolute atomic E-state index is 13.8. The number of carbonyl (C=O) groups excluding carboxylic acids is 1. The van der Waals surface area contributed by atoms with E-state index in [0.29, 0.717) is 16.5 Å². The first kappa shape index (κ1) is 23.0. The Bertz CT molecular complexity index is 803. The molecule has 0 radical (unpaired) electrons. The second-order valence-electron chi connectivity index (χ2n) is 10.1. The summed E-state index contributed by atoms with van der Waals surface area (Å²) < 4.78 is 0. The fourth-order valence-electron chi connectivity index (χ4n) is 4.70. The van der Waals surface area contributed by atoms with Crippen LogP contribution in [-0.2, 0) is 10.2 Å². The van der Waals surface area contributed by atoms with Crippen LogP contribution >= 0.6 is 11.3 Å². The molecule has 2 aliphatic rings. The lowest BCUT2D eigenvalue weighted by atomic mass is 9.81. The molecule has 1 N–H and O–H groups in total. The molecular formula is C24H36N2O3S. The van der Waals surface area contributed by atoms with E-state index in [-0.39, 0.29) is 23.3 Å². The van der Waals surface area contributed by atoms with Gasteiger partial charge in [0.25, 0.3) is 0 Å². The molecule has 6 heteroatoms. The van der Waals surface area contributed by atoms with Crippen molar-refractivity contribution in [2.45, 2.75) is 90.5 Å². The van der Waals surface area contributed by atoms with Crippen molar-refractivity contribution >= 4 is 34.6 Å². The summed E-state index contributed by atoms with van der Waals surface area (Å²) in [6, 6.07) is 2.02. The maximum atomic E-state index is 13.8. The normalized spacial score (nSPS) is 25.1. The number of hydrogen-bond donors (Lipinski definition) is 1. The number of amides is 1. The largest absolute Gasteiger partial charge is 0.477 e. The van der Waals surface area contributed by atoms with Gasteiger partial charge in [-0.2, -0.15) is 0 Å². The zero-order chi connectivity index (χ0) is 22.1. The number of aromatic carboxylic acids is 1. The minimum Gasteiger partial charge on any atom is -0.477 e. The minimum absolute atomic E-state index is 0.00192. The molecule has 1 amide bonds. The number of carboxylic acid groups (broad SMARTS) is 1. The first-order chi connectivity index (χ1) is 14.1. The molecule has 0 unspecified atom stereocenters. The highest BCUT2D eigenvalue weighted by Crippen LogP contribution is 2.41. The molecule has 0 atom stereocenters. The van der Waals surface area contributed by atoms with E-state index in [1.54, 1.807) is 0 Å². The summed E-state index contributed by atoms with van der Waals surface area (Å²) in [5.41, 5.74) is 1.66. The molecule has 2 fully saturated rings. The zero-order valence-electron chi connectivity index (χ0n) is 19.0. The highest BCUT2D eigenvalue weighted by molar-refractivity contribution is 7.14. The monoisotopic (exact) mass is 432 g/mol. The van der Waals surface area contributed by atoms with E-state index in [0.717, 1.165) is 56.2 Å². The van der Waals surface area contributed by atoms with E-state index >= 15 is 0 Å². The third-order valence-corrected chi connectivity index (χ3v) is 8.26. The lowest BCUT2D eigenvalue weighted by molar-refractivity contribution is -0.124. The van der Waals surface area contributed by atoms with Gasteiger partial charge in [0.15, 0.2) is 0 Å². The van der Waals surface area contributed by atoms with Crippen LogP contribution in [0.25, 0.3) is 0 Å². The van der Waals surface area contributed by atoms with E-state index < -0.39 is 5.97 Å². The summed E-state index contributed by atoms with van der Waals surface area (Å²) in [4.78, 5) is 33.5. The number of thiophene rings is 1. The molecule has 3 rings (SSSR count).